The third kappa shape index (κ3) is 2.77. The first kappa shape index (κ1) is 13.7. The van der Waals surface area contributed by atoms with E-state index in [1.807, 2.05) is 0 Å². The van der Waals surface area contributed by atoms with Crippen molar-refractivity contribution in [1.29, 1.82) is 0 Å². The van der Waals surface area contributed by atoms with Gasteiger partial charge in [0, 0.05) is 7.05 Å². The molecule has 9 nitrogen and oxygen atoms in total. The summed E-state index contributed by atoms with van der Waals surface area (Å²) in [6, 6.07) is 0. The van der Waals surface area contributed by atoms with Gasteiger partial charge in [0.15, 0.2) is 0 Å². The van der Waals surface area contributed by atoms with Crippen LogP contribution in [0.15, 0.2) is 12.7 Å². The Hall–Kier alpha value is -2.29. The molecule has 1 aliphatic carbocycles. The van der Waals surface area contributed by atoms with Gasteiger partial charge in [0.25, 0.3) is 5.95 Å². The fourth-order valence-corrected chi connectivity index (χ4v) is 2.56. The van der Waals surface area contributed by atoms with E-state index in [2.05, 4.69) is 35.7 Å². The van der Waals surface area contributed by atoms with E-state index in [1.165, 1.54) is 17.3 Å². The molecular weight excluding hydrogens is 272 g/mol. The summed E-state index contributed by atoms with van der Waals surface area (Å²) in [5.41, 5.74) is -0.341. The number of aliphatic hydroxyl groups excluding tert-OH is 1. The highest BCUT2D eigenvalue weighted by molar-refractivity contribution is 5.39. The second-order valence-electron chi connectivity index (χ2n) is 5.14. The molecule has 0 aliphatic heterocycles. The molecule has 0 atom stereocenters. The minimum atomic E-state index is -0.341. The number of hydrogen-bond donors (Lipinski definition) is 3. The molecule has 3 rings (SSSR count). The quantitative estimate of drug-likeness (QED) is 0.716. The first-order valence-electron chi connectivity index (χ1n) is 6.92. The fourth-order valence-electron chi connectivity index (χ4n) is 2.56. The monoisotopic (exact) mass is 290 g/mol. The lowest BCUT2D eigenvalue weighted by Crippen LogP contribution is -2.39. The Bertz CT molecular complexity index is 593. The van der Waals surface area contributed by atoms with Crippen LogP contribution in [0.25, 0.3) is 5.95 Å². The Labute approximate surface area is 121 Å². The standard InChI is InChI=1S/C12H18N8O/c1-13-9-16-10(19-12(6-21)4-2-3-5-12)18-11(17-9)20-8-14-7-15-20/h7-8,21H,2-6H2,1H3,(H2,13,16,17,18,19). The lowest BCUT2D eigenvalue weighted by molar-refractivity contribution is 0.213. The predicted molar refractivity (Wildman–Crippen MR) is 76.2 cm³/mol. The van der Waals surface area contributed by atoms with E-state index in [-0.39, 0.29) is 12.1 Å². The van der Waals surface area contributed by atoms with Gasteiger partial charge >= 0.3 is 0 Å². The highest BCUT2D eigenvalue weighted by Gasteiger charge is 2.34. The molecule has 0 saturated heterocycles. The van der Waals surface area contributed by atoms with E-state index in [0.29, 0.717) is 17.8 Å². The topological polar surface area (TPSA) is 114 Å². The van der Waals surface area contributed by atoms with E-state index < -0.39 is 0 Å². The van der Waals surface area contributed by atoms with Crippen molar-refractivity contribution in [2.45, 2.75) is 31.2 Å². The highest BCUT2D eigenvalue weighted by Crippen LogP contribution is 2.32. The van der Waals surface area contributed by atoms with Gasteiger partial charge in [-0.3, -0.25) is 0 Å². The minimum absolute atomic E-state index is 0.0617. The van der Waals surface area contributed by atoms with Gasteiger partial charge in [0.1, 0.15) is 12.7 Å². The van der Waals surface area contributed by atoms with Crippen LogP contribution in [0.3, 0.4) is 0 Å². The molecule has 1 aliphatic rings. The van der Waals surface area contributed by atoms with Crippen molar-refractivity contribution >= 4 is 11.9 Å². The van der Waals surface area contributed by atoms with Gasteiger partial charge in [-0.2, -0.15) is 24.7 Å². The van der Waals surface area contributed by atoms with Crippen molar-refractivity contribution in [3.63, 3.8) is 0 Å². The number of aromatic nitrogens is 6. The molecule has 9 heteroatoms. The average Bonchev–Trinajstić information content (AvgIpc) is 3.19. The van der Waals surface area contributed by atoms with Crippen molar-refractivity contribution < 1.29 is 5.11 Å². The van der Waals surface area contributed by atoms with Crippen LogP contribution in [0.1, 0.15) is 25.7 Å². The second kappa shape index (κ2) is 5.60. The first-order chi connectivity index (χ1) is 10.2. The molecule has 1 fully saturated rings. The van der Waals surface area contributed by atoms with Gasteiger partial charge in [0.2, 0.25) is 11.9 Å². The van der Waals surface area contributed by atoms with E-state index in [9.17, 15) is 5.11 Å². The molecule has 112 valence electrons. The Morgan fingerprint density at radius 1 is 1.24 bits per heavy atom. The summed E-state index contributed by atoms with van der Waals surface area (Å²) in [4.78, 5) is 16.8. The molecular formula is C12H18N8O. The van der Waals surface area contributed by atoms with Crippen LogP contribution in [-0.2, 0) is 0 Å². The van der Waals surface area contributed by atoms with Crippen molar-refractivity contribution in [2.75, 3.05) is 24.3 Å². The zero-order valence-electron chi connectivity index (χ0n) is 11.8. The third-order valence-electron chi connectivity index (χ3n) is 3.71. The molecule has 0 radical (unpaired) electrons. The van der Waals surface area contributed by atoms with Crippen molar-refractivity contribution in [1.82, 2.24) is 29.7 Å². The Balaban J connectivity index is 1.92. The van der Waals surface area contributed by atoms with Gasteiger partial charge in [-0.05, 0) is 12.8 Å². The smallest absolute Gasteiger partial charge is 0.258 e. The number of nitrogens with zero attached hydrogens (tertiary/aromatic N) is 6. The summed E-state index contributed by atoms with van der Waals surface area (Å²) >= 11 is 0. The molecule has 21 heavy (non-hydrogen) atoms. The number of hydrogen-bond acceptors (Lipinski definition) is 8. The first-order valence-corrected chi connectivity index (χ1v) is 6.92. The molecule has 2 aromatic rings. The van der Waals surface area contributed by atoms with Gasteiger partial charge in [-0.1, -0.05) is 12.8 Å². The Kier molecular flexibility index (Phi) is 3.65. The summed E-state index contributed by atoms with van der Waals surface area (Å²) in [7, 11) is 1.74. The lowest BCUT2D eigenvalue weighted by atomic mass is 9.99. The van der Waals surface area contributed by atoms with E-state index in [1.54, 1.807) is 7.05 Å². The van der Waals surface area contributed by atoms with Crippen LogP contribution in [-0.4, -0.2) is 54.0 Å². The van der Waals surface area contributed by atoms with Crippen LogP contribution >= 0.6 is 0 Å². The maximum Gasteiger partial charge on any atom is 0.258 e. The number of aliphatic hydroxyl groups is 1. The molecule has 2 heterocycles. The molecule has 0 unspecified atom stereocenters. The van der Waals surface area contributed by atoms with Crippen molar-refractivity contribution in [2.24, 2.45) is 0 Å². The Morgan fingerprint density at radius 2 is 2.00 bits per heavy atom. The van der Waals surface area contributed by atoms with Crippen LogP contribution in [0, 0.1) is 0 Å². The fraction of sp³-hybridized carbons (Fsp3) is 0.583. The van der Waals surface area contributed by atoms with Gasteiger partial charge in [-0.15, -0.1) is 0 Å². The zero-order chi connectivity index (χ0) is 14.7. The highest BCUT2D eigenvalue weighted by atomic mass is 16.3. The SMILES string of the molecule is CNc1nc(NC2(CO)CCCC2)nc(-n2cncn2)n1. The van der Waals surface area contributed by atoms with Crippen LogP contribution in [0.4, 0.5) is 11.9 Å². The summed E-state index contributed by atoms with van der Waals surface area (Å²) in [6.07, 6.45) is 6.93. The molecule has 0 aromatic carbocycles. The third-order valence-corrected chi connectivity index (χ3v) is 3.71. The van der Waals surface area contributed by atoms with Crippen LogP contribution in [0.5, 0.6) is 0 Å². The molecule has 0 bridgehead atoms. The minimum Gasteiger partial charge on any atom is -0.394 e. The van der Waals surface area contributed by atoms with Crippen LogP contribution in [0.2, 0.25) is 0 Å². The van der Waals surface area contributed by atoms with E-state index in [4.69, 9.17) is 0 Å². The van der Waals surface area contributed by atoms with Crippen molar-refractivity contribution in [3.05, 3.63) is 12.7 Å². The van der Waals surface area contributed by atoms with Gasteiger partial charge < -0.3 is 15.7 Å². The van der Waals surface area contributed by atoms with Gasteiger partial charge in [0.05, 0.1) is 12.1 Å². The number of anilines is 2. The summed E-state index contributed by atoms with van der Waals surface area (Å²) in [6.45, 7) is 0.0617. The lowest BCUT2D eigenvalue weighted by Gasteiger charge is -2.28. The normalized spacial score (nSPS) is 16.9. The predicted octanol–water partition coefficient (Wildman–Crippen LogP) is 0.211. The molecule has 3 N–H and O–H groups in total. The zero-order valence-corrected chi connectivity index (χ0v) is 11.8. The largest absolute Gasteiger partial charge is 0.394 e. The Morgan fingerprint density at radius 3 is 2.62 bits per heavy atom. The molecule has 1 saturated carbocycles. The van der Waals surface area contributed by atoms with E-state index in [0.717, 1.165) is 25.7 Å². The molecule has 0 spiro atoms. The molecule has 0 amide bonds. The van der Waals surface area contributed by atoms with Crippen molar-refractivity contribution in [3.8, 4) is 5.95 Å². The summed E-state index contributed by atoms with van der Waals surface area (Å²) in [5.74, 6) is 1.24. The maximum absolute atomic E-state index is 9.68. The van der Waals surface area contributed by atoms with Gasteiger partial charge in [-0.25, -0.2) is 4.98 Å². The number of rotatable bonds is 5. The van der Waals surface area contributed by atoms with E-state index >= 15 is 0 Å². The summed E-state index contributed by atoms with van der Waals surface area (Å²) in [5, 5.41) is 19.9. The summed E-state index contributed by atoms with van der Waals surface area (Å²) < 4.78 is 1.47. The van der Waals surface area contributed by atoms with Crippen LogP contribution < -0.4 is 10.6 Å². The maximum atomic E-state index is 9.68. The second-order valence-corrected chi connectivity index (χ2v) is 5.14. The number of nitrogens with one attached hydrogen (secondary N) is 2. The molecule has 2 aromatic heterocycles. The average molecular weight is 290 g/mol.